The van der Waals surface area contributed by atoms with Crippen LogP contribution < -0.4 is 9.64 Å². The van der Waals surface area contributed by atoms with E-state index in [-0.39, 0.29) is 48.2 Å². The molecule has 0 radical (unpaired) electrons. The predicted molar refractivity (Wildman–Crippen MR) is 93.1 cm³/mol. The highest BCUT2D eigenvalue weighted by Crippen LogP contribution is 2.39. The lowest BCUT2D eigenvalue weighted by Crippen LogP contribution is -3.10. The molecule has 0 aromatic heterocycles. The van der Waals surface area contributed by atoms with Crippen LogP contribution in [0.15, 0.2) is 42.2 Å². The van der Waals surface area contributed by atoms with Crippen molar-refractivity contribution >= 4 is 11.9 Å². The summed E-state index contributed by atoms with van der Waals surface area (Å²) < 4.78 is 19.0. The van der Waals surface area contributed by atoms with Gasteiger partial charge >= 0.3 is 0 Å². The standard InChI is InChI=1S/C20H14FN3O3/c21-14-3-1-2-13(10-14)11-18-19(26)15-4-5-17(25)16(20(15)27-18)12-24(8-6-22)9-7-23/h1-5,10-11,25H,8-9,12H2/p+1/b18-11-. The maximum absolute atomic E-state index is 13.4. The summed E-state index contributed by atoms with van der Waals surface area (Å²) in [7, 11) is 0. The van der Waals surface area contributed by atoms with Gasteiger partial charge in [0.25, 0.3) is 0 Å². The van der Waals surface area contributed by atoms with Gasteiger partial charge in [-0.1, -0.05) is 12.1 Å². The summed E-state index contributed by atoms with van der Waals surface area (Å²) >= 11 is 0. The second-order valence-corrected chi connectivity index (χ2v) is 6.03. The lowest BCUT2D eigenvalue weighted by Gasteiger charge is -2.15. The number of phenolic OH excluding ortho intramolecular Hbond substituents is 1. The number of rotatable bonds is 5. The SMILES string of the molecule is N#CC[NH+](CC#N)Cc1c(O)ccc2c1O/C(=C\c1cccc(F)c1)C2=O. The number of fused-ring (bicyclic) bond motifs is 1. The number of benzene rings is 2. The van der Waals surface area contributed by atoms with Gasteiger partial charge in [0.15, 0.2) is 24.6 Å². The summed E-state index contributed by atoms with van der Waals surface area (Å²) in [6, 6.07) is 12.6. The van der Waals surface area contributed by atoms with E-state index in [9.17, 15) is 14.3 Å². The summed E-state index contributed by atoms with van der Waals surface area (Å²) in [5, 5.41) is 28.0. The molecule has 1 aliphatic heterocycles. The van der Waals surface area contributed by atoms with Crippen LogP contribution in [0.3, 0.4) is 0 Å². The van der Waals surface area contributed by atoms with Gasteiger partial charge in [-0.3, -0.25) is 4.79 Å². The van der Waals surface area contributed by atoms with Gasteiger partial charge in [-0.2, -0.15) is 10.5 Å². The Morgan fingerprint density at radius 1 is 1.19 bits per heavy atom. The fraction of sp³-hybridized carbons (Fsp3) is 0.150. The Balaban J connectivity index is 1.96. The van der Waals surface area contributed by atoms with E-state index >= 15 is 0 Å². The van der Waals surface area contributed by atoms with Gasteiger partial charge in [0.05, 0.1) is 11.1 Å². The Labute approximate surface area is 154 Å². The van der Waals surface area contributed by atoms with E-state index in [1.165, 1.54) is 36.4 Å². The zero-order valence-corrected chi connectivity index (χ0v) is 14.2. The van der Waals surface area contributed by atoms with Crippen molar-refractivity contribution in [1.82, 2.24) is 0 Å². The molecule has 3 rings (SSSR count). The summed E-state index contributed by atoms with van der Waals surface area (Å²) in [6.07, 6.45) is 1.43. The van der Waals surface area contributed by atoms with Crippen molar-refractivity contribution in [3.63, 3.8) is 0 Å². The molecule has 134 valence electrons. The van der Waals surface area contributed by atoms with Gasteiger partial charge in [-0.05, 0) is 35.9 Å². The number of aromatic hydroxyl groups is 1. The number of allylic oxidation sites excluding steroid dienone is 1. The molecule has 2 aromatic carbocycles. The van der Waals surface area contributed by atoms with Gasteiger partial charge in [-0.15, -0.1) is 0 Å². The number of hydrogen-bond donors (Lipinski definition) is 2. The topological polar surface area (TPSA) is 98.6 Å². The smallest absolute Gasteiger partial charge is 0.231 e. The van der Waals surface area contributed by atoms with E-state index < -0.39 is 5.82 Å². The van der Waals surface area contributed by atoms with Crippen LogP contribution in [0.25, 0.3) is 6.08 Å². The summed E-state index contributed by atoms with van der Waals surface area (Å²) in [5.74, 6) is -0.668. The number of nitriles is 2. The highest BCUT2D eigenvalue weighted by molar-refractivity contribution is 6.14. The Morgan fingerprint density at radius 3 is 2.59 bits per heavy atom. The lowest BCUT2D eigenvalue weighted by atomic mass is 10.0. The molecule has 7 heteroatoms. The number of Topliss-reactive ketones (excluding diaryl/α,β-unsaturated/α-hetero) is 1. The molecule has 0 spiro atoms. The van der Waals surface area contributed by atoms with E-state index in [2.05, 4.69) is 0 Å². The van der Waals surface area contributed by atoms with E-state index in [1.54, 1.807) is 6.07 Å². The molecule has 0 aliphatic carbocycles. The number of carbonyl (C=O) groups excluding carboxylic acids is 1. The minimum absolute atomic E-state index is 0.0181. The molecule has 2 N–H and O–H groups in total. The van der Waals surface area contributed by atoms with Crippen molar-refractivity contribution in [2.75, 3.05) is 13.1 Å². The highest BCUT2D eigenvalue weighted by Gasteiger charge is 2.32. The Bertz CT molecular complexity index is 1000. The number of phenols is 1. The van der Waals surface area contributed by atoms with Crippen molar-refractivity contribution in [3.05, 3.63) is 64.7 Å². The zero-order chi connectivity index (χ0) is 19.4. The third kappa shape index (κ3) is 3.79. The van der Waals surface area contributed by atoms with Crippen LogP contribution >= 0.6 is 0 Å². The quantitative estimate of drug-likeness (QED) is 0.620. The van der Waals surface area contributed by atoms with Crippen LogP contribution in [0.1, 0.15) is 21.5 Å². The molecule has 1 aliphatic rings. The van der Waals surface area contributed by atoms with Crippen LogP contribution in [0.4, 0.5) is 4.39 Å². The number of halogens is 1. The van der Waals surface area contributed by atoms with Gasteiger partial charge in [0.2, 0.25) is 5.78 Å². The van der Waals surface area contributed by atoms with E-state index in [1.807, 2.05) is 12.1 Å². The van der Waals surface area contributed by atoms with Crippen LogP contribution in [-0.2, 0) is 6.54 Å². The number of carbonyl (C=O) groups is 1. The molecule has 0 atom stereocenters. The number of hydrogen-bond acceptors (Lipinski definition) is 5. The normalized spacial score (nSPS) is 13.9. The van der Waals surface area contributed by atoms with Gasteiger partial charge in [0.1, 0.15) is 30.2 Å². The summed E-state index contributed by atoms with van der Waals surface area (Å²) in [4.78, 5) is 13.2. The van der Waals surface area contributed by atoms with Gasteiger partial charge in [0, 0.05) is 0 Å². The van der Waals surface area contributed by atoms with Crippen molar-refractivity contribution in [2.45, 2.75) is 6.54 Å². The minimum Gasteiger partial charge on any atom is -0.507 e. The third-order valence-electron chi connectivity index (χ3n) is 4.15. The number of nitrogens with zero attached hydrogens (tertiary/aromatic N) is 2. The second kappa shape index (κ2) is 7.69. The van der Waals surface area contributed by atoms with Crippen molar-refractivity contribution in [1.29, 1.82) is 10.5 Å². The fourth-order valence-electron chi connectivity index (χ4n) is 2.88. The molecule has 1 heterocycles. The van der Waals surface area contributed by atoms with E-state index in [0.29, 0.717) is 16.0 Å². The third-order valence-corrected chi connectivity index (χ3v) is 4.15. The largest absolute Gasteiger partial charge is 0.507 e. The van der Waals surface area contributed by atoms with Crippen LogP contribution in [-0.4, -0.2) is 24.0 Å². The lowest BCUT2D eigenvalue weighted by molar-refractivity contribution is -0.899. The van der Waals surface area contributed by atoms with Crippen LogP contribution in [0.5, 0.6) is 11.5 Å². The van der Waals surface area contributed by atoms with Crippen LogP contribution in [0.2, 0.25) is 0 Å². The average molecular weight is 364 g/mol. The van der Waals surface area contributed by atoms with Crippen molar-refractivity contribution in [3.8, 4) is 23.6 Å². The summed E-state index contributed by atoms with van der Waals surface area (Å²) in [6.45, 7) is 0.282. The van der Waals surface area contributed by atoms with Crippen molar-refractivity contribution in [2.24, 2.45) is 0 Å². The minimum atomic E-state index is -0.433. The first-order valence-electron chi connectivity index (χ1n) is 8.15. The first kappa shape index (κ1) is 18.1. The molecule has 0 amide bonds. The van der Waals surface area contributed by atoms with Crippen LogP contribution in [0, 0.1) is 28.5 Å². The number of quaternary nitrogens is 1. The molecule has 6 nitrogen and oxygen atoms in total. The number of ether oxygens (including phenoxy) is 1. The second-order valence-electron chi connectivity index (χ2n) is 6.03. The first-order valence-corrected chi connectivity index (χ1v) is 8.15. The fourth-order valence-corrected chi connectivity index (χ4v) is 2.88. The Morgan fingerprint density at radius 2 is 1.93 bits per heavy atom. The van der Waals surface area contributed by atoms with Gasteiger partial charge in [-0.25, -0.2) is 4.39 Å². The Kier molecular flexibility index (Phi) is 5.16. The number of ketones is 1. The monoisotopic (exact) mass is 364 g/mol. The summed E-state index contributed by atoms with van der Waals surface area (Å²) in [5.41, 5.74) is 1.10. The zero-order valence-electron chi connectivity index (χ0n) is 14.2. The molecule has 0 fully saturated rings. The molecule has 2 aromatic rings. The highest BCUT2D eigenvalue weighted by atomic mass is 19.1. The maximum Gasteiger partial charge on any atom is 0.231 e. The molecule has 0 unspecified atom stereocenters. The molecule has 0 bridgehead atoms. The molecular weight excluding hydrogens is 349 g/mol. The molecule has 0 saturated carbocycles. The van der Waals surface area contributed by atoms with Gasteiger partial charge < -0.3 is 14.7 Å². The maximum atomic E-state index is 13.4. The Hall–Kier alpha value is -3.68. The number of nitrogens with one attached hydrogen (secondary N) is 1. The first-order chi connectivity index (χ1) is 13.0. The molecule has 27 heavy (non-hydrogen) atoms. The predicted octanol–water partition coefficient (Wildman–Crippen LogP) is 1.58. The molecule has 0 saturated heterocycles. The van der Waals surface area contributed by atoms with Crippen molar-refractivity contribution < 1.29 is 23.9 Å². The van der Waals surface area contributed by atoms with E-state index in [0.717, 1.165) is 0 Å². The molecular formula is C20H15FN3O3+. The van der Waals surface area contributed by atoms with E-state index in [4.69, 9.17) is 15.3 Å². The average Bonchev–Trinajstić information content (AvgIpc) is 2.94.